The summed E-state index contributed by atoms with van der Waals surface area (Å²) < 4.78 is 0. The quantitative estimate of drug-likeness (QED) is 0.935. The minimum atomic E-state index is -0.106. The van der Waals surface area contributed by atoms with Gasteiger partial charge in [0, 0.05) is 43.5 Å². The Labute approximate surface area is 139 Å². The molecule has 1 aliphatic rings. The van der Waals surface area contributed by atoms with Gasteiger partial charge in [0.1, 0.15) is 0 Å². The first-order chi connectivity index (χ1) is 11.1. The number of nitrogens with zero attached hydrogens (tertiary/aromatic N) is 2. The van der Waals surface area contributed by atoms with Crippen LogP contribution < -0.4 is 10.5 Å². The van der Waals surface area contributed by atoms with E-state index in [1.54, 1.807) is 18.3 Å². The number of halogens is 1. The molecule has 1 amide bonds. The van der Waals surface area contributed by atoms with Crippen molar-refractivity contribution in [1.29, 1.82) is 0 Å². The van der Waals surface area contributed by atoms with Crippen molar-refractivity contribution in [3.8, 4) is 0 Å². The monoisotopic (exact) mass is 331 g/mol. The summed E-state index contributed by atoms with van der Waals surface area (Å²) in [6.07, 6.45) is 2.11. The molecule has 1 saturated heterocycles. The summed E-state index contributed by atoms with van der Waals surface area (Å²) in [6, 6.07) is 10.7. The Balaban J connectivity index is 1.55. The van der Waals surface area contributed by atoms with E-state index in [4.69, 9.17) is 11.6 Å². The summed E-state index contributed by atoms with van der Waals surface area (Å²) in [5.41, 5.74) is 1.85. The summed E-state index contributed by atoms with van der Waals surface area (Å²) in [7, 11) is 0. The van der Waals surface area contributed by atoms with Crippen LogP contribution in [0, 0.1) is 0 Å². The van der Waals surface area contributed by atoms with E-state index in [-0.39, 0.29) is 11.5 Å². The van der Waals surface area contributed by atoms with Crippen LogP contribution in [-0.2, 0) is 11.2 Å². The van der Waals surface area contributed by atoms with Gasteiger partial charge in [-0.3, -0.25) is 9.59 Å². The van der Waals surface area contributed by atoms with Gasteiger partial charge in [-0.2, -0.15) is 0 Å². The highest BCUT2D eigenvalue weighted by atomic mass is 35.5. The van der Waals surface area contributed by atoms with Gasteiger partial charge in [-0.1, -0.05) is 23.7 Å². The Morgan fingerprint density at radius 2 is 1.74 bits per heavy atom. The topological polar surface area (TPSA) is 56.4 Å². The fourth-order valence-electron chi connectivity index (χ4n) is 2.70. The van der Waals surface area contributed by atoms with Gasteiger partial charge in [-0.05, 0) is 23.8 Å². The van der Waals surface area contributed by atoms with Crippen LogP contribution in [0.2, 0.25) is 5.02 Å². The molecule has 0 atom stereocenters. The van der Waals surface area contributed by atoms with Crippen molar-refractivity contribution in [2.24, 2.45) is 0 Å². The third-order valence-electron chi connectivity index (χ3n) is 4.03. The number of piperazine rings is 1. The second kappa shape index (κ2) is 6.87. The van der Waals surface area contributed by atoms with Crippen LogP contribution in [0.5, 0.6) is 0 Å². The molecule has 0 bridgehead atoms. The van der Waals surface area contributed by atoms with Crippen molar-refractivity contribution in [2.75, 3.05) is 31.1 Å². The molecule has 1 aliphatic heterocycles. The molecular formula is C17H18ClN3O2. The number of anilines is 1. The molecular weight excluding hydrogens is 314 g/mol. The van der Waals surface area contributed by atoms with Gasteiger partial charge in [-0.25, -0.2) is 0 Å². The molecule has 0 aliphatic carbocycles. The molecule has 1 aromatic heterocycles. The Morgan fingerprint density at radius 3 is 2.35 bits per heavy atom. The van der Waals surface area contributed by atoms with E-state index >= 15 is 0 Å². The summed E-state index contributed by atoms with van der Waals surface area (Å²) in [5, 5.41) is 0.677. The largest absolute Gasteiger partial charge is 0.367 e. The number of carbonyl (C=O) groups is 1. The summed E-state index contributed by atoms with van der Waals surface area (Å²) in [4.78, 5) is 30.2. The molecule has 3 rings (SSSR count). The minimum absolute atomic E-state index is 0.106. The molecule has 120 valence electrons. The standard InChI is InChI=1S/C17H18ClN3O2/c18-14-3-1-13(2-4-14)11-17(23)21-9-7-20(8-10-21)15-5-6-16(22)19-12-15/h1-6,12H,7-11H2,(H,19,22). The van der Waals surface area contributed by atoms with E-state index in [1.807, 2.05) is 23.1 Å². The summed E-state index contributed by atoms with van der Waals surface area (Å²) in [5.74, 6) is 0.133. The van der Waals surface area contributed by atoms with Crippen molar-refractivity contribution in [3.63, 3.8) is 0 Å². The number of pyridine rings is 1. The van der Waals surface area contributed by atoms with E-state index in [9.17, 15) is 9.59 Å². The van der Waals surface area contributed by atoms with Gasteiger partial charge in [0.05, 0.1) is 12.1 Å². The van der Waals surface area contributed by atoms with E-state index in [0.29, 0.717) is 24.5 Å². The number of amides is 1. The van der Waals surface area contributed by atoms with E-state index in [2.05, 4.69) is 9.88 Å². The minimum Gasteiger partial charge on any atom is -0.367 e. The third kappa shape index (κ3) is 3.93. The molecule has 2 heterocycles. The van der Waals surface area contributed by atoms with Crippen molar-refractivity contribution < 1.29 is 4.79 Å². The number of aromatic nitrogens is 1. The van der Waals surface area contributed by atoms with Gasteiger partial charge in [0.25, 0.3) is 0 Å². The smallest absolute Gasteiger partial charge is 0.248 e. The molecule has 5 nitrogen and oxygen atoms in total. The molecule has 1 N–H and O–H groups in total. The maximum absolute atomic E-state index is 12.4. The van der Waals surface area contributed by atoms with E-state index in [1.165, 1.54) is 6.07 Å². The lowest BCUT2D eigenvalue weighted by Crippen LogP contribution is -2.49. The summed E-state index contributed by atoms with van der Waals surface area (Å²) >= 11 is 5.86. The highest BCUT2D eigenvalue weighted by Gasteiger charge is 2.21. The molecule has 23 heavy (non-hydrogen) atoms. The number of rotatable bonds is 3. The molecule has 1 fully saturated rings. The third-order valence-corrected chi connectivity index (χ3v) is 4.29. The number of carbonyl (C=O) groups excluding carboxylic acids is 1. The number of hydrogen-bond donors (Lipinski definition) is 1. The van der Waals surface area contributed by atoms with Crippen LogP contribution in [0.4, 0.5) is 5.69 Å². The van der Waals surface area contributed by atoms with Gasteiger partial charge >= 0.3 is 0 Å². The SMILES string of the molecule is O=C(Cc1ccc(Cl)cc1)N1CCN(c2ccc(=O)[nH]c2)CC1. The molecule has 2 aromatic rings. The number of nitrogens with one attached hydrogen (secondary N) is 1. The van der Waals surface area contributed by atoms with Crippen LogP contribution in [0.3, 0.4) is 0 Å². The number of H-pyrrole nitrogens is 1. The molecule has 0 saturated carbocycles. The van der Waals surface area contributed by atoms with Crippen LogP contribution in [-0.4, -0.2) is 42.0 Å². The second-order valence-corrected chi connectivity index (χ2v) is 6.02. The van der Waals surface area contributed by atoms with Crippen molar-refractivity contribution >= 4 is 23.2 Å². The maximum Gasteiger partial charge on any atom is 0.248 e. The molecule has 0 spiro atoms. The number of benzene rings is 1. The number of hydrogen-bond acceptors (Lipinski definition) is 3. The Kier molecular flexibility index (Phi) is 4.67. The normalized spacial score (nSPS) is 14.8. The molecule has 6 heteroatoms. The van der Waals surface area contributed by atoms with Crippen molar-refractivity contribution in [3.05, 3.63) is 63.5 Å². The Bertz CT molecular complexity index is 714. The highest BCUT2D eigenvalue weighted by Crippen LogP contribution is 2.15. The first-order valence-electron chi connectivity index (χ1n) is 7.58. The fourth-order valence-corrected chi connectivity index (χ4v) is 2.83. The van der Waals surface area contributed by atoms with E-state index in [0.717, 1.165) is 24.3 Å². The van der Waals surface area contributed by atoms with Crippen molar-refractivity contribution in [1.82, 2.24) is 9.88 Å². The molecule has 0 radical (unpaired) electrons. The highest BCUT2D eigenvalue weighted by molar-refractivity contribution is 6.30. The first kappa shape index (κ1) is 15.6. The van der Waals surface area contributed by atoms with Gasteiger partial charge in [0.2, 0.25) is 11.5 Å². The van der Waals surface area contributed by atoms with Crippen LogP contribution in [0.1, 0.15) is 5.56 Å². The predicted octanol–water partition coefficient (Wildman–Crippen LogP) is 1.92. The average molecular weight is 332 g/mol. The lowest BCUT2D eigenvalue weighted by atomic mass is 10.1. The zero-order valence-electron chi connectivity index (χ0n) is 12.7. The predicted molar refractivity (Wildman–Crippen MR) is 91.0 cm³/mol. The lowest BCUT2D eigenvalue weighted by molar-refractivity contribution is -0.130. The van der Waals surface area contributed by atoms with Gasteiger partial charge in [-0.15, -0.1) is 0 Å². The first-order valence-corrected chi connectivity index (χ1v) is 7.95. The summed E-state index contributed by atoms with van der Waals surface area (Å²) in [6.45, 7) is 2.90. The lowest BCUT2D eigenvalue weighted by Gasteiger charge is -2.36. The number of aromatic amines is 1. The molecule has 1 aromatic carbocycles. The Morgan fingerprint density at radius 1 is 1.04 bits per heavy atom. The maximum atomic E-state index is 12.4. The zero-order valence-corrected chi connectivity index (χ0v) is 13.4. The van der Waals surface area contributed by atoms with Crippen LogP contribution >= 0.6 is 11.6 Å². The Hall–Kier alpha value is -2.27. The van der Waals surface area contributed by atoms with Crippen LogP contribution in [0.15, 0.2) is 47.4 Å². The average Bonchev–Trinajstić information content (AvgIpc) is 2.58. The van der Waals surface area contributed by atoms with Gasteiger partial charge < -0.3 is 14.8 Å². The molecule has 0 unspecified atom stereocenters. The van der Waals surface area contributed by atoms with E-state index < -0.39 is 0 Å². The van der Waals surface area contributed by atoms with Gasteiger partial charge in [0.15, 0.2) is 0 Å². The van der Waals surface area contributed by atoms with Crippen molar-refractivity contribution in [2.45, 2.75) is 6.42 Å². The second-order valence-electron chi connectivity index (χ2n) is 5.58. The zero-order chi connectivity index (χ0) is 16.2. The van der Waals surface area contributed by atoms with Crippen LogP contribution in [0.25, 0.3) is 0 Å². The fraction of sp³-hybridized carbons (Fsp3) is 0.294.